The molecule has 2 aliphatic heterocycles. The number of hydrogen-bond donors (Lipinski definition) is 1. The summed E-state index contributed by atoms with van der Waals surface area (Å²) in [4.78, 5) is 42.3. The highest BCUT2D eigenvalue weighted by atomic mass is 32.1. The zero-order valence-corrected chi connectivity index (χ0v) is 19.6. The van der Waals surface area contributed by atoms with Gasteiger partial charge in [0.25, 0.3) is 11.8 Å². The lowest BCUT2D eigenvalue weighted by Crippen LogP contribution is -2.51. The first-order valence-corrected chi connectivity index (χ1v) is 12.3. The van der Waals surface area contributed by atoms with Crippen LogP contribution in [0.5, 0.6) is 0 Å². The van der Waals surface area contributed by atoms with Crippen molar-refractivity contribution in [3.05, 3.63) is 57.3 Å². The fourth-order valence-electron chi connectivity index (χ4n) is 4.81. The standard InChI is InChI=1S/C25H31N3O3S/c1-17-12-18(2)14-21(13-17)25(31)28-8-3-4-19(15-28)24(30)27-9-5-22(6-10-27)26-23(29)20-7-11-32-16-20/h7,11-14,16,19,22H,3-6,8-10,15H2,1-2H3,(H,26,29). The molecule has 170 valence electrons. The van der Waals surface area contributed by atoms with Gasteiger partial charge in [-0.25, -0.2) is 0 Å². The summed E-state index contributed by atoms with van der Waals surface area (Å²) in [5.41, 5.74) is 3.56. The van der Waals surface area contributed by atoms with Crippen molar-refractivity contribution in [3.63, 3.8) is 0 Å². The van der Waals surface area contributed by atoms with Gasteiger partial charge in [0.1, 0.15) is 0 Å². The maximum Gasteiger partial charge on any atom is 0.253 e. The molecule has 4 rings (SSSR count). The number of amides is 3. The average molecular weight is 454 g/mol. The van der Waals surface area contributed by atoms with Crippen molar-refractivity contribution in [2.45, 2.75) is 45.6 Å². The lowest BCUT2D eigenvalue weighted by molar-refractivity contribution is -0.138. The third-order valence-corrected chi connectivity index (χ3v) is 7.13. The molecule has 7 heteroatoms. The number of rotatable bonds is 4. The van der Waals surface area contributed by atoms with E-state index in [2.05, 4.69) is 11.4 Å². The fourth-order valence-corrected chi connectivity index (χ4v) is 5.44. The Kier molecular flexibility index (Phi) is 6.94. The molecule has 32 heavy (non-hydrogen) atoms. The van der Waals surface area contributed by atoms with Crippen molar-refractivity contribution in [1.29, 1.82) is 0 Å². The first kappa shape index (κ1) is 22.5. The second-order valence-corrected chi connectivity index (χ2v) is 9.83. The van der Waals surface area contributed by atoms with Gasteiger partial charge >= 0.3 is 0 Å². The van der Waals surface area contributed by atoms with Gasteiger partial charge in [-0.1, -0.05) is 17.2 Å². The van der Waals surface area contributed by atoms with Crippen LogP contribution in [0.2, 0.25) is 0 Å². The van der Waals surface area contributed by atoms with Gasteiger partial charge in [0.2, 0.25) is 5.91 Å². The van der Waals surface area contributed by atoms with Gasteiger partial charge in [0, 0.05) is 48.7 Å². The van der Waals surface area contributed by atoms with Crippen LogP contribution in [0.15, 0.2) is 35.0 Å². The summed E-state index contributed by atoms with van der Waals surface area (Å²) in [7, 11) is 0. The van der Waals surface area contributed by atoms with E-state index in [4.69, 9.17) is 0 Å². The van der Waals surface area contributed by atoms with Gasteiger partial charge < -0.3 is 15.1 Å². The van der Waals surface area contributed by atoms with E-state index in [0.29, 0.717) is 37.3 Å². The summed E-state index contributed by atoms with van der Waals surface area (Å²) in [5.74, 6) is -0.0194. The topological polar surface area (TPSA) is 69.7 Å². The van der Waals surface area contributed by atoms with Crippen molar-refractivity contribution < 1.29 is 14.4 Å². The van der Waals surface area contributed by atoms with E-state index < -0.39 is 0 Å². The van der Waals surface area contributed by atoms with E-state index in [9.17, 15) is 14.4 Å². The molecular formula is C25H31N3O3S. The monoisotopic (exact) mass is 453 g/mol. The number of aryl methyl sites for hydroxylation is 2. The predicted molar refractivity (Wildman–Crippen MR) is 126 cm³/mol. The highest BCUT2D eigenvalue weighted by Crippen LogP contribution is 2.23. The Morgan fingerprint density at radius 1 is 0.938 bits per heavy atom. The Bertz CT molecular complexity index is 960. The molecule has 0 radical (unpaired) electrons. The molecular weight excluding hydrogens is 422 g/mol. The molecule has 0 saturated carbocycles. The summed E-state index contributed by atoms with van der Waals surface area (Å²) in [6.07, 6.45) is 3.20. The number of likely N-dealkylation sites (tertiary alicyclic amines) is 2. The molecule has 3 heterocycles. The van der Waals surface area contributed by atoms with Crippen LogP contribution in [0.4, 0.5) is 0 Å². The Labute approximate surface area is 193 Å². The summed E-state index contributed by atoms with van der Waals surface area (Å²) >= 11 is 1.51. The van der Waals surface area contributed by atoms with E-state index in [-0.39, 0.29) is 29.7 Å². The van der Waals surface area contributed by atoms with Crippen LogP contribution >= 0.6 is 11.3 Å². The van der Waals surface area contributed by atoms with Crippen LogP contribution in [0.1, 0.15) is 57.5 Å². The zero-order chi connectivity index (χ0) is 22.7. The molecule has 0 spiro atoms. The largest absolute Gasteiger partial charge is 0.349 e. The van der Waals surface area contributed by atoms with Crippen molar-refractivity contribution in [1.82, 2.24) is 15.1 Å². The summed E-state index contributed by atoms with van der Waals surface area (Å²) in [5, 5.41) is 6.83. The Hall–Kier alpha value is -2.67. The maximum atomic E-state index is 13.2. The van der Waals surface area contributed by atoms with E-state index >= 15 is 0 Å². The quantitative estimate of drug-likeness (QED) is 0.769. The average Bonchev–Trinajstić information content (AvgIpc) is 3.33. The van der Waals surface area contributed by atoms with Crippen molar-refractivity contribution in [2.24, 2.45) is 5.92 Å². The Balaban J connectivity index is 1.31. The number of carbonyl (C=O) groups excluding carboxylic acids is 3. The molecule has 2 aromatic rings. The molecule has 1 aromatic heterocycles. The molecule has 1 unspecified atom stereocenters. The molecule has 2 saturated heterocycles. The molecule has 0 bridgehead atoms. The number of piperidine rings is 2. The minimum Gasteiger partial charge on any atom is -0.349 e. The number of nitrogens with one attached hydrogen (secondary N) is 1. The number of hydrogen-bond acceptors (Lipinski definition) is 4. The van der Waals surface area contributed by atoms with Gasteiger partial charge in [-0.05, 0) is 63.1 Å². The first-order valence-electron chi connectivity index (χ1n) is 11.4. The highest BCUT2D eigenvalue weighted by molar-refractivity contribution is 7.08. The molecule has 3 amide bonds. The molecule has 1 atom stereocenters. The minimum absolute atomic E-state index is 0.0177. The number of nitrogens with zero attached hydrogens (tertiary/aromatic N) is 2. The second kappa shape index (κ2) is 9.86. The van der Waals surface area contributed by atoms with Gasteiger partial charge in [-0.2, -0.15) is 11.3 Å². The van der Waals surface area contributed by atoms with E-state index in [1.165, 1.54) is 11.3 Å². The smallest absolute Gasteiger partial charge is 0.253 e. The van der Waals surface area contributed by atoms with Crippen LogP contribution in [-0.2, 0) is 4.79 Å². The second-order valence-electron chi connectivity index (χ2n) is 9.05. The SMILES string of the molecule is Cc1cc(C)cc(C(=O)N2CCCC(C(=O)N3CCC(NC(=O)c4ccsc4)CC3)C2)c1. The third kappa shape index (κ3) is 5.21. The molecule has 0 aliphatic carbocycles. The number of benzene rings is 1. The van der Waals surface area contributed by atoms with E-state index in [1.54, 1.807) is 0 Å². The van der Waals surface area contributed by atoms with Crippen molar-refractivity contribution in [2.75, 3.05) is 26.2 Å². The van der Waals surface area contributed by atoms with Crippen LogP contribution in [0.3, 0.4) is 0 Å². The molecule has 2 fully saturated rings. The van der Waals surface area contributed by atoms with Crippen molar-refractivity contribution in [3.8, 4) is 0 Å². The van der Waals surface area contributed by atoms with Crippen LogP contribution < -0.4 is 5.32 Å². The first-order chi connectivity index (χ1) is 15.4. The Morgan fingerprint density at radius 3 is 2.31 bits per heavy atom. The number of carbonyl (C=O) groups is 3. The lowest BCUT2D eigenvalue weighted by atomic mass is 9.94. The van der Waals surface area contributed by atoms with Gasteiger partial charge in [-0.3, -0.25) is 14.4 Å². The minimum atomic E-state index is -0.143. The van der Waals surface area contributed by atoms with Crippen LogP contribution in [0, 0.1) is 19.8 Å². The molecule has 1 aromatic carbocycles. The number of thiophene rings is 1. The third-order valence-electron chi connectivity index (χ3n) is 6.45. The van der Waals surface area contributed by atoms with E-state index in [1.807, 2.05) is 52.6 Å². The van der Waals surface area contributed by atoms with Gasteiger partial charge in [-0.15, -0.1) is 0 Å². The zero-order valence-electron chi connectivity index (χ0n) is 18.8. The van der Waals surface area contributed by atoms with Crippen LogP contribution in [0.25, 0.3) is 0 Å². The maximum absolute atomic E-state index is 13.2. The Morgan fingerprint density at radius 2 is 1.66 bits per heavy atom. The fraction of sp³-hybridized carbons (Fsp3) is 0.480. The van der Waals surface area contributed by atoms with Gasteiger partial charge in [0.15, 0.2) is 0 Å². The summed E-state index contributed by atoms with van der Waals surface area (Å²) < 4.78 is 0. The predicted octanol–water partition coefficient (Wildman–Crippen LogP) is 3.64. The normalized spacial score (nSPS) is 19.6. The molecule has 6 nitrogen and oxygen atoms in total. The highest BCUT2D eigenvalue weighted by Gasteiger charge is 2.33. The van der Waals surface area contributed by atoms with Gasteiger partial charge in [0.05, 0.1) is 5.92 Å². The summed E-state index contributed by atoms with van der Waals surface area (Å²) in [6, 6.07) is 7.84. The summed E-state index contributed by atoms with van der Waals surface area (Å²) in [6.45, 7) is 6.48. The van der Waals surface area contributed by atoms with Crippen molar-refractivity contribution >= 4 is 29.1 Å². The van der Waals surface area contributed by atoms with Crippen LogP contribution in [-0.4, -0.2) is 59.7 Å². The molecule has 1 N–H and O–H groups in total. The lowest BCUT2D eigenvalue weighted by Gasteiger charge is -2.38. The van der Waals surface area contributed by atoms with E-state index in [0.717, 1.165) is 36.8 Å². The molecule has 2 aliphatic rings.